The molecule has 1 aliphatic rings. The van der Waals surface area contributed by atoms with Crippen LogP contribution >= 0.6 is 0 Å². The zero-order valence-electron chi connectivity index (χ0n) is 18.0. The van der Waals surface area contributed by atoms with Crippen LogP contribution < -0.4 is 15.5 Å². The second-order valence-corrected chi connectivity index (χ2v) is 7.95. The normalized spacial score (nSPS) is 15.9. The smallest absolute Gasteiger partial charge is 0.253 e. The third-order valence-corrected chi connectivity index (χ3v) is 5.72. The lowest BCUT2D eigenvalue weighted by molar-refractivity contribution is -0.120. The Morgan fingerprint density at radius 2 is 1.82 bits per heavy atom. The summed E-state index contributed by atoms with van der Waals surface area (Å²) in [5.74, 6) is 0.0131. The van der Waals surface area contributed by atoms with Gasteiger partial charge in [-0.05, 0) is 57.2 Å². The fraction of sp³-hybridized carbons (Fsp3) is 0.652. The number of nitrogens with zero attached hydrogens (tertiary/aromatic N) is 1. The number of hydrogen-bond donors (Lipinski definition) is 2. The van der Waals surface area contributed by atoms with Gasteiger partial charge in [0.2, 0.25) is 5.91 Å². The molecule has 1 aliphatic heterocycles. The SMILES string of the molecule is CCCC[C@@H](CC)C(=O)Nc1ccc(N2CCCC2)c(C(=O)N[C@H](C)CC)c1. The van der Waals surface area contributed by atoms with Crippen LogP contribution in [0, 0.1) is 5.92 Å². The highest BCUT2D eigenvalue weighted by Crippen LogP contribution is 2.28. The molecule has 5 nitrogen and oxygen atoms in total. The number of carbonyl (C=O) groups is 2. The molecule has 2 N–H and O–H groups in total. The molecule has 1 aromatic rings. The summed E-state index contributed by atoms with van der Waals surface area (Å²) in [6, 6.07) is 5.88. The molecule has 2 amide bonds. The second-order valence-electron chi connectivity index (χ2n) is 7.95. The Morgan fingerprint density at radius 1 is 1.11 bits per heavy atom. The van der Waals surface area contributed by atoms with E-state index in [0.717, 1.165) is 63.7 Å². The fourth-order valence-electron chi connectivity index (χ4n) is 3.65. The number of nitrogens with one attached hydrogen (secondary N) is 2. The Balaban J connectivity index is 2.22. The molecule has 1 saturated heterocycles. The Labute approximate surface area is 170 Å². The number of unbranched alkanes of at least 4 members (excludes halogenated alkanes) is 1. The second kappa shape index (κ2) is 11.1. The number of hydrogen-bond acceptors (Lipinski definition) is 3. The van der Waals surface area contributed by atoms with Gasteiger partial charge in [-0.15, -0.1) is 0 Å². The van der Waals surface area contributed by atoms with Crippen molar-refractivity contribution in [1.29, 1.82) is 0 Å². The summed E-state index contributed by atoms with van der Waals surface area (Å²) < 4.78 is 0. The van der Waals surface area contributed by atoms with Crippen molar-refractivity contribution in [1.82, 2.24) is 5.32 Å². The molecule has 156 valence electrons. The molecule has 5 heteroatoms. The van der Waals surface area contributed by atoms with Gasteiger partial charge >= 0.3 is 0 Å². The first-order valence-corrected chi connectivity index (χ1v) is 11.0. The van der Waals surface area contributed by atoms with Gasteiger partial charge in [0.1, 0.15) is 0 Å². The van der Waals surface area contributed by atoms with Crippen molar-refractivity contribution in [3.63, 3.8) is 0 Å². The maximum atomic E-state index is 12.9. The Kier molecular flexibility index (Phi) is 8.81. The molecule has 1 fully saturated rings. The van der Waals surface area contributed by atoms with Crippen LogP contribution in [0.1, 0.15) is 83.0 Å². The van der Waals surface area contributed by atoms with Gasteiger partial charge in [0.25, 0.3) is 5.91 Å². The van der Waals surface area contributed by atoms with Crippen LogP contribution in [-0.2, 0) is 4.79 Å². The molecule has 0 aliphatic carbocycles. The summed E-state index contributed by atoms with van der Waals surface area (Å²) >= 11 is 0. The average Bonchev–Trinajstić information content (AvgIpc) is 3.23. The van der Waals surface area contributed by atoms with Crippen molar-refractivity contribution < 1.29 is 9.59 Å². The molecular weight excluding hydrogens is 350 g/mol. The van der Waals surface area contributed by atoms with Gasteiger partial charge in [-0.2, -0.15) is 0 Å². The monoisotopic (exact) mass is 387 g/mol. The molecule has 28 heavy (non-hydrogen) atoms. The van der Waals surface area contributed by atoms with E-state index in [-0.39, 0.29) is 23.8 Å². The summed E-state index contributed by atoms with van der Waals surface area (Å²) in [5.41, 5.74) is 2.33. The predicted octanol–water partition coefficient (Wildman–Crippen LogP) is 4.97. The van der Waals surface area contributed by atoms with Gasteiger partial charge in [0.15, 0.2) is 0 Å². The summed E-state index contributed by atoms with van der Waals surface area (Å²) in [7, 11) is 0. The van der Waals surface area contributed by atoms with E-state index in [2.05, 4.69) is 36.3 Å². The third-order valence-electron chi connectivity index (χ3n) is 5.72. The van der Waals surface area contributed by atoms with E-state index in [9.17, 15) is 9.59 Å². The van der Waals surface area contributed by atoms with E-state index < -0.39 is 0 Å². The molecular formula is C23H37N3O2. The van der Waals surface area contributed by atoms with Crippen molar-refractivity contribution in [2.75, 3.05) is 23.3 Å². The molecule has 0 aromatic heterocycles. The molecule has 2 atom stereocenters. The molecule has 1 aromatic carbocycles. The predicted molar refractivity (Wildman–Crippen MR) is 117 cm³/mol. The van der Waals surface area contributed by atoms with Crippen LogP contribution in [0.3, 0.4) is 0 Å². The van der Waals surface area contributed by atoms with E-state index in [4.69, 9.17) is 0 Å². The van der Waals surface area contributed by atoms with E-state index in [1.165, 1.54) is 0 Å². The molecule has 0 unspecified atom stereocenters. The van der Waals surface area contributed by atoms with E-state index in [1.54, 1.807) is 0 Å². The Hall–Kier alpha value is -2.04. The van der Waals surface area contributed by atoms with Gasteiger partial charge in [-0.1, -0.05) is 33.6 Å². The van der Waals surface area contributed by atoms with Crippen LogP contribution in [-0.4, -0.2) is 30.9 Å². The molecule has 2 rings (SSSR count). The highest BCUT2D eigenvalue weighted by Gasteiger charge is 2.22. The lowest BCUT2D eigenvalue weighted by Crippen LogP contribution is -2.33. The first-order chi connectivity index (χ1) is 13.5. The molecule has 0 saturated carbocycles. The number of anilines is 2. The standard InChI is InChI=1S/C23H37N3O2/c1-5-8-11-18(7-3)22(27)25-19-12-13-21(26-14-9-10-15-26)20(16-19)23(28)24-17(4)6-2/h12-13,16-18H,5-11,14-15H2,1-4H3,(H,24,28)(H,25,27)/t17-,18-/m1/s1. The molecule has 0 spiro atoms. The minimum Gasteiger partial charge on any atom is -0.371 e. The lowest BCUT2D eigenvalue weighted by Gasteiger charge is -2.23. The van der Waals surface area contributed by atoms with Crippen molar-refractivity contribution in [3.8, 4) is 0 Å². The van der Waals surface area contributed by atoms with Crippen LogP contribution in [0.5, 0.6) is 0 Å². The Bertz CT molecular complexity index is 653. The summed E-state index contributed by atoms with van der Waals surface area (Å²) in [6.45, 7) is 10.2. The van der Waals surface area contributed by atoms with E-state index in [1.807, 2.05) is 25.1 Å². The fourth-order valence-corrected chi connectivity index (χ4v) is 3.65. The van der Waals surface area contributed by atoms with Gasteiger partial charge < -0.3 is 15.5 Å². The Morgan fingerprint density at radius 3 is 2.43 bits per heavy atom. The third kappa shape index (κ3) is 5.98. The largest absolute Gasteiger partial charge is 0.371 e. The molecule has 0 radical (unpaired) electrons. The number of amides is 2. The summed E-state index contributed by atoms with van der Waals surface area (Å²) in [4.78, 5) is 27.9. The van der Waals surface area contributed by atoms with Gasteiger partial charge in [0, 0.05) is 36.4 Å². The number of rotatable bonds is 10. The summed E-state index contributed by atoms with van der Waals surface area (Å²) in [5, 5.41) is 6.12. The maximum absolute atomic E-state index is 12.9. The van der Waals surface area contributed by atoms with Crippen LogP contribution in [0.2, 0.25) is 0 Å². The van der Waals surface area contributed by atoms with E-state index in [0.29, 0.717) is 11.3 Å². The minimum atomic E-state index is -0.0645. The van der Waals surface area contributed by atoms with Gasteiger partial charge in [0.05, 0.1) is 5.56 Å². The van der Waals surface area contributed by atoms with Crippen molar-refractivity contribution in [2.45, 2.75) is 78.7 Å². The van der Waals surface area contributed by atoms with Crippen molar-refractivity contribution in [2.24, 2.45) is 5.92 Å². The topological polar surface area (TPSA) is 61.4 Å². The maximum Gasteiger partial charge on any atom is 0.253 e. The zero-order valence-corrected chi connectivity index (χ0v) is 18.0. The first kappa shape index (κ1) is 22.3. The van der Waals surface area contributed by atoms with Gasteiger partial charge in [-0.3, -0.25) is 9.59 Å². The first-order valence-electron chi connectivity index (χ1n) is 11.0. The lowest BCUT2D eigenvalue weighted by atomic mass is 9.98. The van der Waals surface area contributed by atoms with Crippen LogP contribution in [0.15, 0.2) is 18.2 Å². The van der Waals surface area contributed by atoms with Crippen molar-refractivity contribution >= 4 is 23.2 Å². The quantitative estimate of drug-likeness (QED) is 0.596. The molecule has 0 bridgehead atoms. The summed E-state index contributed by atoms with van der Waals surface area (Å²) in [6.07, 6.45) is 7.08. The van der Waals surface area contributed by atoms with Crippen LogP contribution in [0.4, 0.5) is 11.4 Å². The average molecular weight is 388 g/mol. The molecule has 1 heterocycles. The number of carbonyl (C=O) groups excluding carboxylic acids is 2. The van der Waals surface area contributed by atoms with Crippen molar-refractivity contribution in [3.05, 3.63) is 23.8 Å². The van der Waals surface area contributed by atoms with Crippen LogP contribution in [0.25, 0.3) is 0 Å². The highest BCUT2D eigenvalue weighted by atomic mass is 16.2. The number of benzene rings is 1. The minimum absolute atomic E-state index is 0.0237. The zero-order chi connectivity index (χ0) is 20.5. The van der Waals surface area contributed by atoms with Gasteiger partial charge in [-0.25, -0.2) is 0 Å². The van der Waals surface area contributed by atoms with E-state index >= 15 is 0 Å². The highest BCUT2D eigenvalue weighted by molar-refractivity contribution is 6.02.